The Morgan fingerprint density at radius 3 is 2.44 bits per heavy atom. The molecule has 0 bridgehead atoms. The fraction of sp³-hybridized carbons (Fsp3) is 0.267. The van der Waals surface area contributed by atoms with E-state index in [0.717, 1.165) is 16.0 Å². The predicted molar refractivity (Wildman–Crippen MR) is 76.7 cm³/mol. The summed E-state index contributed by atoms with van der Waals surface area (Å²) in [5.74, 6) is -0.246. The van der Waals surface area contributed by atoms with Gasteiger partial charge in [-0.25, -0.2) is 0 Å². The minimum absolute atomic E-state index is 0.246. The fourth-order valence-electron chi connectivity index (χ4n) is 1.28. The molecule has 18 heavy (non-hydrogen) atoms. The number of allylic oxidation sites excluding steroid dienone is 2. The molecule has 0 aliphatic carbocycles. The first-order valence-electron chi connectivity index (χ1n) is 5.68. The second-order valence-corrected chi connectivity index (χ2v) is 5.22. The lowest BCUT2D eigenvalue weighted by atomic mass is 10.1. The maximum Gasteiger partial charge on any atom is 0.323 e. The first kappa shape index (κ1) is 14.6. The molecule has 0 spiro atoms. The zero-order valence-electron chi connectivity index (χ0n) is 11.0. The lowest BCUT2D eigenvalue weighted by Crippen LogP contribution is -2.16. The molecule has 3 heteroatoms. The average Bonchev–Trinajstić information content (AvgIpc) is 2.38. The molecule has 96 valence electrons. The molecule has 0 aliphatic rings. The third-order valence-corrected chi connectivity index (χ3v) is 3.64. The number of benzene rings is 1. The van der Waals surface area contributed by atoms with Gasteiger partial charge in [-0.2, -0.15) is 0 Å². The maximum atomic E-state index is 11.8. The van der Waals surface area contributed by atoms with E-state index in [1.165, 1.54) is 18.9 Å². The van der Waals surface area contributed by atoms with Crippen molar-refractivity contribution in [3.63, 3.8) is 0 Å². The fourth-order valence-corrected chi connectivity index (χ4v) is 2.35. The van der Waals surface area contributed by atoms with Crippen LogP contribution in [0.1, 0.15) is 13.8 Å². The van der Waals surface area contributed by atoms with Gasteiger partial charge in [0.05, 0.1) is 7.11 Å². The summed E-state index contributed by atoms with van der Waals surface area (Å²) >= 11 is 1.48. The van der Waals surface area contributed by atoms with Gasteiger partial charge in [-0.1, -0.05) is 42.0 Å². The Labute approximate surface area is 113 Å². The van der Waals surface area contributed by atoms with Gasteiger partial charge in [-0.3, -0.25) is 4.79 Å². The molecule has 1 atom stereocenters. The first-order chi connectivity index (χ1) is 8.54. The van der Waals surface area contributed by atoms with Crippen molar-refractivity contribution in [2.75, 3.05) is 7.11 Å². The number of carbonyl (C=O) groups excluding carboxylic acids is 1. The van der Waals surface area contributed by atoms with Crippen molar-refractivity contribution >= 4 is 17.7 Å². The molecular weight excluding hydrogens is 244 g/mol. The molecule has 0 aromatic heterocycles. The standard InChI is InChI=1S/C15H18O2S/c1-11(2)12(3)10-14(15(16)17-4)18-13-8-6-5-7-9-13/h5-10,14H,1H2,2-4H3/b12-10+. The van der Waals surface area contributed by atoms with E-state index in [9.17, 15) is 4.79 Å². The maximum absolute atomic E-state index is 11.8. The van der Waals surface area contributed by atoms with Gasteiger partial charge in [0, 0.05) is 4.90 Å². The highest BCUT2D eigenvalue weighted by Gasteiger charge is 2.18. The van der Waals surface area contributed by atoms with E-state index in [4.69, 9.17) is 4.74 Å². The van der Waals surface area contributed by atoms with Gasteiger partial charge in [-0.15, -0.1) is 11.8 Å². The van der Waals surface area contributed by atoms with Crippen LogP contribution in [0, 0.1) is 0 Å². The molecule has 0 aliphatic heterocycles. The highest BCUT2D eigenvalue weighted by molar-refractivity contribution is 8.00. The van der Waals surface area contributed by atoms with E-state index in [-0.39, 0.29) is 11.2 Å². The van der Waals surface area contributed by atoms with E-state index in [1.807, 2.05) is 50.3 Å². The second-order valence-electron chi connectivity index (χ2n) is 4.00. The van der Waals surface area contributed by atoms with Crippen molar-refractivity contribution in [2.24, 2.45) is 0 Å². The van der Waals surface area contributed by atoms with Crippen LogP contribution in [-0.2, 0) is 9.53 Å². The van der Waals surface area contributed by atoms with Crippen LogP contribution in [0.4, 0.5) is 0 Å². The summed E-state index contributed by atoms with van der Waals surface area (Å²) in [6, 6.07) is 9.80. The van der Waals surface area contributed by atoms with E-state index >= 15 is 0 Å². The van der Waals surface area contributed by atoms with Crippen molar-refractivity contribution in [2.45, 2.75) is 24.0 Å². The monoisotopic (exact) mass is 262 g/mol. The zero-order chi connectivity index (χ0) is 13.5. The number of methoxy groups -OCH3 is 1. The minimum Gasteiger partial charge on any atom is -0.468 e. The minimum atomic E-state index is -0.339. The summed E-state index contributed by atoms with van der Waals surface area (Å²) < 4.78 is 4.83. The van der Waals surface area contributed by atoms with E-state index in [1.54, 1.807) is 0 Å². The number of esters is 1. The van der Waals surface area contributed by atoms with Crippen LogP contribution in [-0.4, -0.2) is 18.3 Å². The topological polar surface area (TPSA) is 26.3 Å². The van der Waals surface area contributed by atoms with Crippen molar-refractivity contribution < 1.29 is 9.53 Å². The molecule has 0 saturated carbocycles. The molecule has 1 rings (SSSR count). The zero-order valence-corrected chi connectivity index (χ0v) is 11.8. The molecule has 1 aromatic carbocycles. The van der Waals surface area contributed by atoms with Crippen LogP contribution in [0.15, 0.2) is 59.0 Å². The van der Waals surface area contributed by atoms with Crippen molar-refractivity contribution in [1.82, 2.24) is 0 Å². The Morgan fingerprint density at radius 1 is 1.33 bits per heavy atom. The number of carbonyl (C=O) groups is 1. The summed E-state index contributed by atoms with van der Waals surface area (Å²) in [6.07, 6.45) is 1.89. The summed E-state index contributed by atoms with van der Waals surface area (Å²) in [7, 11) is 1.41. The van der Waals surface area contributed by atoms with E-state index in [2.05, 4.69) is 6.58 Å². The number of hydrogen-bond acceptors (Lipinski definition) is 3. The molecule has 0 radical (unpaired) electrons. The highest BCUT2D eigenvalue weighted by atomic mass is 32.2. The third kappa shape index (κ3) is 4.41. The van der Waals surface area contributed by atoms with Gasteiger partial charge in [0.25, 0.3) is 0 Å². The molecule has 0 saturated heterocycles. The molecule has 0 amide bonds. The van der Waals surface area contributed by atoms with Gasteiger partial charge < -0.3 is 4.74 Å². The molecule has 0 N–H and O–H groups in total. The Kier molecular flexibility index (Phi) is 5.72. The third-order valence-electron chi connectivity index (χ3n) is 2.51. The Morgan fingerprint density at radius 2 is 1.94 bits per heavy atom. The van der Waals surface area contributed by atoms with Crippen LogP contribution >= 0.6 is 11.8 Å². The molecule has 1 aromatic rings. The van der Waals surface area contributed by atoms with Crippen LogP contribution in [0.25, 0.3) is 0 Å². The molecular formula is C15H18O2S. The summed E-state index contributed by atoms with van der Waals surface area (Å²) in [5, 5.41) is -0.339. The van der Waals surface area contributed by atoms with Gasteiger partial charge in [0.15, 0.2) is 0 Å². The van der Waals surface area contributed by atoms with Gasteiger partial charge in [-0.05, 0) is 26.0 Å². The van der Waals surface area contributed by atoms with Gasteiger partial charge in [0.1, 0.15) is 5.25 Å². The number of hydrogen-bond donors (Lipinski definition) is 0. The summed E-state index contributed by atoms with van der Waals surface area (Å²) in [4.78, 5) is 12.8. The van der Waals surface area contributed by atoms with Gasteiger partial charge >= 0.3 is 5.97 Å². The number of rotatable bonds is 5. The highest BCUT2D eigenvalue weighted by Crippen LogP contribution is 2.26. The normalized spacial score (nSPS) is 12.9. The van der Waals surface area contributed by atoms with Crippen molar-refractivity contribution in [3.8, 4) is 0 Å². The SMILES string of the molecule is C=C(C)/C(C)=C/C(Sc1ccccc1)C(=O)OC. The van der Waals surface area contributed by atoms with E-state index in [0.29, 0.717) is 0 Å². The molecule has 0 fully saturated rings. The predicted octanol–water partition coefficient (Wildman–Crippen LogP) is 3.84. The smallest absolute Gasteiger partial charge is 0.323 e. The van der Waals surface area contributed by atoms with Gasteiger partial charge in [0.2, 0.25) is 0 Å². The molecule has 0 heterocycles. The quantitative estimate of drug-likeness (QED) is 0.458. The lowest BCUT2D eigenvalue weighted by molar-refractivity contribution is -0.139. The van der Waals surface area contributed by atoms with Crippen molar-refractivity contribution in [1.29, 1.82) is 0 Å². The average molecular weight is 262 g/mol. The molecule has 1 unspecified atom stereocenters. The second kappa shape index (κ2) is 7.07. The first-order valence-corrected chi connectivity index (χ1v) is 6.56. The lowest BCUT2D eigenvalue weighted by Gasteiger charge is -2.12. The Bertz CT molecular complexity index is 449. The molecule has 2 nitrogen and oxygen atoms in total. The Hall–Kier alpha value is -1.48. The Balaban J connectivity index is 2.90. The van der Waals surface area contributed by atoms with E-state index < -0.39 is 0 Å². The van der Waals surface area contributed by atoms with Crippen LogP contribution in [0.3, 0.4) is 0 Å². The number of thioether (sulfide) groups is 1. The summed E-state index contributed by atoms with van der Waals surface area (Å²) in [5.41, 5.74) is 1.96. The largest absolute Gasteiger partial charge is 0.468 e. The van der Waals surface area contributed by atoms with Crippen LogP contribution in [0.5, 0.6) is 0 Å². The van der Waals surface area contributed by atoms with Crippen LogP contribution < -0.4 is 0 Å². The van der Waals surface area contributed by atoms with Crippen LogP contribution in [0.2, 0.25) is 0 Å². The summed E-state index contributed by atoms with van der Waals surface area (Å²) in [6.45, 7) is 7.74. The van der Waals surface area contributed by atoms with Crippen molar-refractivity contribution in [3.05, 3.63) is 54.1 Å². The number of ether oxygens (including phenoxy) is 1.